The Bertz CT molecular complexity index is 1310. The Labute approximate surface area is 191 Å². The van der Waals surface area contributed by atoms with Crippen molar-refractivity contribution in [1.82, 2.24) is 5.32 Å². The van der Waals surface area contributed by atoms with E-state index < -0.39 is 15.1 Å². The number of hydrogen-bond acceptors (Lipinski definition) is 5. The van der Waals surface area contributed by atoms with Gasteiger partial charge in [0.1, 0.15) is 11.0 Å². The highest BCUT2D eigenvalue weighted by Crippen LogP contribution is 2.32. The maximum absolute atomic E-state index is 13.4. The van der Waals surface area contributed by atoms with Crippen LogP contribution in [0.25, 0.3) is 10.8 Å². The SMILES string of the molecule is COc1ccc(S(=O)(=O)[C@@H](CNC(=O)Cc2cccc3ccccc23)c2cccs2)cc1. The molecule has 1 heterocycles. The lowest BCUT2D eigenvalue weighted by molar-refractivity contribution is -0.120. The number of rotatable bonds is 8. The van der Waals surface area contributed by atoms with Crippen molar-refractivity contribution in [1.29, 1.82) is 0 Å². The maximum Gasteiger partial charge on any atom is 0.224 e. The topological polar surface area (TPSA) is 72.5 Å². The molecule has 0 radical (unpaired) electrons. The molecule has 1 aromatic heterocycles. The van der Waals surface area contributed by atoms with Gasteiger partial charge in [-0.15, -0.1) is 11.3 Å². The smallest absolute Gasteiger partial charge is 0.224 e. The molecule has 4 aromatic rings. The first-order valence-electron chi connectivity index (χ1n) is 10.1. The summed E-state index contributed by atoms with van der Waals surface area (Å²) in [5.41, 5.74) is 0.909. The zero-order valence-electron chi connectivity index (χ0n) is 17.5. The highest BCUT2D eigenvalue weighted by atomic mass is 32.2. The minimum absolute atomic E-state index is 0.00151. The molecule has 5 nitrogen and oxygen atoms in total. The zero-order chi connectivity index (χ0) is 22.6. The first-order valence-corrected chi connectivity index (χ1v) is 12.6. The third kappa shape index (κ3) is 4.69. The van der Waals surface area contributed by atoms with Crippen LogP contribution in [0.1, 0.15) is 15.7 Å². The summed E-state index contributed by atoms with van der Waals surface area (Å²) < 4.78 is 31.9. The molecule has 0 spiro atoms. The van der Waals surface area contributed by atoms with E-state index in [-0.39, 0.29) is 23.8 Å². The summed E-state index contributed by atoms with van der Waals surface area (Å²) in [6.45, 7) is -0.00151. The molecule has 0 aliphatic heterocycles. The Balaban J connectivity index is 1.54. The molecule has 0 saturated carbocycles. The van der Waals surface area contributed by atoms with Crippen molar-refractivity contribution in [2.24, 2.45) is 0 Å². The van der Waals surface area contributed by atoms with Crippen molar-refractivity contribution < 1.29 is 17.9 Å². The van der Waals surface area contributed by atoms with Gasteiger partial charge in [-0.1, -0.05) is 48.5 Å². The van der Waals surface area contributed by atoms with Crippen LogP contribution in [0, 0.1) is 0 Å². The van der Waals surface area contributed by atoms with Crippen molar-refractivity contribution in [3.05, 3.63) is 94.7 Å². The van der Waals surface area contributed by atoms with Crippen molar-refractivity contribution >= 4 is 37.9 Å². The van der Waals surface area contributed by atoms with Gasteiger partial charge in [0.25, 0.3) is 0 Å². The number of methoxy groups -OCH3 is 1. The van der Waals surface area contributed by atoms with Crippen LogP contribution >= 0.6 is 11.3 Å². The molecule has 164 valence electrons. The average molecular weight is 466 g/mol. The molecule has 0 saturated heterocycles. The van der Waals surface area contributed by atoms with E-state index in [1.807, 2.05) is 53.9 Å². The summed E-state index contributed by atoms with van der Waals surface area (Å²) in [6, 6.07) is 23.7. The number of amides is 1. The lowest BCUT2D eigenvalue weighted by atomic mass is 10.0. The first kappa shape index (κ1) is 22.0. The number of sulfone groups is 1. The summed E-state index contributed by atoms with van der Waals surface area (Å²) >= 11 is 1.36. The Hall–Kier alpha value is -3.16. The Kier molecular flexibility index (Phi) is 6.58. The molecule has 1 N–H and O–H groups in total. The van der Waals surface area contributed by atoms with Crippen LogP contribution in [0.4, 0.5) is 0 Å². The third-order valence-corrected chi connectivity index (χ3v) is 8.57. The molecular formula is C25H23NO4S2. The van der Waals surface area contributed by atoms with Gasteiger partial charge < -0.3 is 10.1 Å². The van der Waals surface area contributed by atoms with Gasteiger partial charge in [0.15, 0.2) is 9.84 Å². The van der Waals surface area contributed by atoms with Gasteiger partial charge in [0.05, 0.1) is 18.4 Å². The Morgan fingerprint density at radius 3 is 2.44 bits per heavy atom. The van der Waals surface area contributed by atoms with E-state index in [1.54, 1.807) is 18.2 Å². The number of ether oxygens (including phenoxy) is 1. The quantitative estimate of drug-likeness (QED) is 0.406. The molecule has 0 aliphatic rings. The van der Waals surface area contributed by atoms with Crippen LogP contribution in [-0.4, -0.2) is 28.0 Å². The summed E-state index contributed by atoms with van der Waals surface area (Å²) in [4.78, 5) is 13.6. The second-order valence-corrected chi connectivity index (χ2v) is 10.5. The lowest BCUT2D eigenvalue weighted by Gasteiger charge is -2.18. The van der Waals surface area contributed by atoms with Crippen molar-refractivity contribution in [3.8, 4) is 5.75 Å². The average Bonchev–Trinajstić information content (AvgIpc) is 3.34. The molecule has 0 fully saturated rings. The molecule has 0 bridgehead atoms. The minimum Gasteiger partial charge on any atom is -0.497 e. The fraction of sp³-hybridized carbons (Fsp3) is 0.160. The van der Waals surface area contributed by atoms with E-state index in [0.29, 0.717) is 10.6 Å². The zero-order valence-corrected chi connectivity index (χ0v) is 19.2. The summed E-state index contributed by atoms with van der Waals surface area (Å²) in [5, 5.41) is 5.90. The van der Waals surface area contributed by atoms with Gasteiger partial charge in [-0.2, -0.15) is 0 Å². The predicted octanol–water partition coefficient (Wildman–Crippen LogP) is 4.78. The van der Waals surface area contributed by atoms with Gasteiger partial charge in [0, 0.05) is 11.4 Å². The molecule has 0 unspecified atom stereocenters. The van der Waals surface area contributed by atoms with E-state index in [2.05, 4.69) is 5.32 Å². The van der Waals surface area contributed by atoms with E-state index in [1.165, 1.54) is 30.6 Å². The van der Waals surface area contributed by atoms with Crippen molar-refractivity contribution in [2.75, 3.05) is 13.7 Å². The molecule has 4 rings (SSSR count). The highest BCUT2D eigenvalue weighted by Gasteiger charge is 2.30. The summed E-state index contributed by atoms with van der Waals surface area (Å²) in [7, 11) is -2.18. The number of carbonyl (C=O) groups excluding carboxylic acids is 1. The lowest BCUT2D eigenvalue weighted by Crippen LogP contribution is -2.32. The molecule has 1 atom stereocenters. The van der Waals surface area contributed by atoms with Gasteiger partial charge in [-0.05, 0) is 52.0 Å². The summed E-state index contributed by atoms with van der Waals surface area (Å²) in [6.07, 6.45) is 0.182. The standard InChI is InChI=1S/C25H23NO4S2/c1-30-20-11-13-21(14-12-20)32(28,29)24(23-10-5-15-31-23)17-26-25(27)16-19-8-4-7-18-6-2-3-9-22(18)19/h2-15,24H,16-17H2,1H3,(H,26,27)/t24-/m0/s1. The van der Waals surface area contributed by atoms with E-state index in [0.717, 1.165) is 16.3 Å². The van der Waals surface area contributed by atoms with Gasteiger partial charge in [-0.25, -0.2) is 8.42 Å². The molecule has 1 amide bonds. The van der Waals surface area contributed by atoms with Gasteiger partial charge >= 0.3 is 0 Å². The number of carbonyl (C=O) groups is 1. The van der Waals surface area contributed by atoms with Gasteiger partial charge in [-0.3, -0.25) is 4.79 Å². The minimum atomic E-state index is -3.71. The van der Waals surface area contributed by atoms with Crippen molar-refractivity contribution in [3.63, 3.8) is 0 Å². The van der Waals surface area contributed by atoms with Crippen molar-refractivity contribution in [2.45, 2.75) is 16.6 Å². The van der Waals surface area contributed by atoms with Gasteiger partial charge in [0.2, 0.25) is 5.91 Å². The van der Waals surface area contributed by atoms with Crippen LogP contribution in [0.2, 0.25) is 0 Å². The Morgan fingerprint density at radius 2 is 1.72 bits per heavy atom. The third-order valence-electron chi connectivity index (χ3n) is 5.34. The number of nitrogens with one attached hydrogen (secondary N) is 1. The number of thiophene rings is 1. The van der Waals surface area contributed by atoms with Crippen LogP contribution in [-0.2, 0) is 21.1 Å². The van der Waals surface area contributed by atoms with E-state index in [4.69, 9.17) is 4.74 Å². The van der Waals surface area contributed by atoms with Crippen LogP contribution in [0.3, 0.4) is 0 Å². The number of hydrogen-bond donors (Lipinski definition) is 1. The summed E-state index contributed by atoms with van der Waals surface area (Å²) in [5.74, 6) is 0.368. The molecule has 0 aliphatic carbocycles. The predicted molar refractivity (Wildman–Crippen MR) is 128 cm³/mol. The fourth-order valence-corrected chi connectivity index (χ4v) is 6.44. The fourth-order valence-electron chi connectivity index (χ4n) is 3.66. The van der Waals surface area contributed by atoms with E-state index >= 15 is 0 Å². The second-order valence-electron chi connectivity index (χ2n) is 7.34. The normalized spacial score (nSPS) is 12.4. The largest absolute Gasteiger partial charge is 0.497 e. The van der Waals surface area contributed by atoms with E-state index in [9.17, 15) is 13.2 Å². The molecule has 7 heteroatoms. The maximum atomic E-state index is 13.4. The monoisotopic (exact) mass is 465 g/mol. The second kappa shape index (κ2) is 9.54. The number of benzene rings is 3. The van der Waals surface area contributed by atoms with Crippen LogP contribution in [0.15, 0.2) is 89.1 Å². The first-order chi connectivity index (χ1) is 15.5. The van der Waals surface area contributed by atoms with Crippen LogP contribution in [0.5, 0.6) is 5.75 Å². The highest BCUT2D eigenvalue weighted by molar-refractivity contribution is 7.91. The van der Waals surface area contributed by atoms with Crippen LogP contribution < -0.4 is 10.1 Å². The Morgan fingerprint density at radius 1 is 0.969 bits per heavy atom. The molecular weight excluding hydrogens is 442 g/mol. The molecule has 32 heavy (non-hydrogen) atoms. The molecule has 3 aromatic carbocycles. The number of fused-ring (bicyclic) bond motifs is 1.